The third kappa shape index (κ3) is 3.78. The van der Waals surface area contributed by atoms with Crippen LogP contribution in [-0.4, -0.2) is 33.3 Å². The summed E-state index contributed by atoms with van der Waals surface area (Å²) in [5.74, 6) is 0.467. The molecule has 1 N–H and O–H groups in total. The molecule has 3 aromatic rings. The fourth-order valence-electron chi connectivity index (χ4n) is 3.66. The predicted molar refractivity (Wildman–Crippen MR) is 114 cm³/mol. The Morgan fingerprint density at radius 3 is 2.93 bits per heavy atom. The van der Waals surface area contributed by atoms with Crippen molar-refractivity contribution in [1.82, 2.24) is 14.5 Å². The number of benzene rings is 1. The van der Waals surface area contributed by atoms with Crippen molar-refractivity contribution >= 4 is 34.6 Å². The Balaban J connectivity index is 1.46. The van der Waals surface area contributed by atoms with Crippen LogP contribution in [-0.2, 0) is 29.6 Å². The molecule has 0 bridgehead atoms. The van der Waals surface area contributed by atoms with Crippen LogP contribution in [0.3, 0.4) is 0 Å². The van der Waals surface area contributed by atoms with Crippen molar-refractivity contribution in [2.75, 3.05) is 12.4 Å². The Labute approximate surface area is 169 Å². The van der Waals surface area contributed by atoms with Gasteiger partial charge >= 0.3 is 0 Å². The van der Waals surface area contributed by atoms with Crippen LogP contribution in [0.1, 0.15) is 23.7 Å². The zero-order valence-corrected chi connectivity index (χ0v) is 16.8. The number of nitrogens with one attached hydrogen (secondary N) is 1. The molecule has 0 saturated heterocycles. The van der Waals surface area contributed by atoms with E-state index >= 15 is 0 Å². The van der Waals surface area contributed by atoms with E-state index in [1.165, 1.54) is 5.39 Å². The number of nitrogens with zero attached hydrogens (tertiary/aromatic N) is 3. The number of aromatic nitrogens is 2. The Kier molecular flexibility index (Phi) is 4.92. The van der Waals surface area contributed by atoms with Crippen molar-refractivity contribution in [3.63, 3.8) is 0 Å². The molecule has 1 aliphatic heterocycles. The van der Waals surface area contributed by atoms with Gasteiger partial charge in [-0.25, -0.2) is 4.98 Å². The summed E-state index contributed by atoms with van der Waals surface area (Å²) in [6, 6.07) is 12.3. The number of pyridine rings is 1. The van der Waals surface area contributed by atoms with Gasteiger partial charge in [0.1, 0.15) is 5.82 Å². The van der Waals surface area contributed by atoms with Crippen LogP contribution in [0.4, 0.5) is 5.82 Å². The number of amides is 2. The Hall–Kier alpha value is -3.41. The van der Waals surface area contributed by atoms with Crippen LogP contribution in [0.25, 0.3) is 17.0 Å². The first kappa shape index (κ1) is 18.9. The normalized spacial score (nSPS) is 16.1. The molecular formula is C23H24N4O2. The van der Waals surface area contributed by atoms with Gasteiger partial charge in [0.25, 0.3) is 0 Å². The lowest BCUT2D eigenvalue weighted by Gasteiger charge is -2.21. The number of carbonyl (C=O) groups excluding carboxylic acids is 2. The molecule has 0 radical (unpaired) electrons. The van der Waals surface area contributed by atoms with E-state index in [0.717, 1.165) is 22.3 Å². The average molecular weight is 388 g/mol. The van der Waals surface area contributed by atoms with Gasteiger partial charge in [0.2, 0.25) is 11.8 Å². The van der Waals surface area contributed by atoms with Gasteiger partial charge in [0.05, 0.1) is 6.54 Å². The molecule has 2 amide bonds. The van der Waals surface area contributed by atoms with Crippen LogP contribution < -0.4 is 5.32 Å². The maximum absolute atomic E-state index is 12.6. The molecule has 0 fully saturated rings. The zero-order valence-electron chi connectivity index (χ0n) is 16.8. The topological polar surface area (TPSA) is 67.2 Å². The van der Waals surface area contributed by atoms with Crippen molar-refractivity contribution in [2.24, 2.45) is 13.0 Å². The molecule has 148 valence electrons. The number of hydrogen-bond donors (Lipinski definition) is 1. The summed E-state index contributed by atoms with van der Waals surface area (Å²) in [6.07, 6.45) is 5.67. The summed E-state index contributed by atoms with van der Waals surface area (Å²) >= 11 is 0. The third-order valence-electron chi connectivity index (χ3n) is 5.45. The van der Waals surface area contributed by atoms with Crippen molar-refractivity contribution in [1.29, 1.82) is 0 Å². The minimum atomic E-state index is -0.0744. The number of aryl methyl sites for hydroxylation is 1. The second-order valence-electron chi connectivity index (χ2n) is 7.65. The van der Waals surface area contributed by atoms with E-state index in [1.807, 2.05) is 32.2 Å². The summed E-state index contributed by atoms with van der Waals surface area (Å²) < 4.78 is 2.12. The molecule has 3 heterocycles. The molecule has 6 nitrogen and oxygen atoms in total. The van der Waals surface area contributed by atoms with Gasteiger partial charge in [-0.2, -0.15) is 0 Å². The number of carbonyl (C=O) groups is 2. The Bertz CT molecular complexity index is 1130. The summed E-state index contributed by atoms with van der Waals surface area (Å²) in [5, 5.41) is 3.98. The highest BCUT2D eigenvalue weighted by molar-refractivity contribution is 5.95. The van der Waals surface area contributed by atoms with Gasteiger partial charge in [-0.3, -0.25) is 9.59 Å². The summed E-state index contributed by atoms with van der Waals surface area (Å²) in [4.78, 5) is 30.3. The smallest absolute Gasteiger partial charge is 0.246 e. The molecule has 6 heteroatoms. The highest BCUT2D eigenvalue weighted by Gasteiger charge is 2.23. The van der Waals surface area contributed by atoms with E-state index in [2.05, 4.69) is 33.1 Å². The van der Waals surface area contributed by atoms with Crippen molar-refractivity contribution in [2.45, 2.75) is 19.9 Å². The van der Waals surface area contributed by atoms with Crippen molar-refractivity contribution in [3.8, 4) is 0 Å². The molecule has 4 rings (SSSR count). The van der Waals surface area contributed by atoms with Crippen LogP contribution in [0, 0.1) is 5.92 Å². The lowest BCUT2D eigenvalue weighted by molar-refractivity contribution is -0.125. The number of rotatable bonds is 4. The number of para-hydroxylation sites is 1. The van der Waals surface area contributed by atoms with Gasteiger partial charge in [-0.05, 0) is 47.2 Å². The molecular weight excluding hydrogens is 364 g/mol. The largest absolute Gasteiger partial charge is 0.346 e. The van der Waals surface area contributed by atoms with Crippen LogP contribution in [0.2, 0.25) is 0 Å². The number of fused-ring (bicyclic) bond motifs is 2. The Morgan fingerprint density at radius 2 is 2.14 bits per heavy atom. The van der Waals surface area contributed by atoms with Crippen molar-refractivity contribution in [3.05, 3.63) is 65.5 Å². The predicted octanol–water partition coefficient (Wildman–Crippen LogP) is 3.38. The summed E-state index contributed by atoms with van der Waals surface area (Å²) in [5.41, 5.74) is 4.07. The summed E-state index contributed by atoms with van der Waals surface area (Å²) in [6.45, 7) is 2.42. The highest BCUT2D eigenvalue weighted by atomic mass is 16.2. The first-order valence-corrected chi connectivity index (χ1v) is 9.68. The SMILES string of the molecule is CC1Cc2cc(/C=C/C(=O)N(C)Cc3cc4ccccc4n3C)cnc2NC1=O. The molecule has 0 saturated carbocycles. The number of hydrogen-bond acceptors (Lipinski definition) is 3. The van der Waals surface area contributed by atoms with E-state index < -0.39 is 0 Å². The van der Waals surface area contributed by atoms with E-state index in [0.29, 0.717) is 18.8 Å². The van der Waals surface area contributed by atoms with E-state index in [-0.39, 0.29) is 17.7 Å². The van der Waals surface area contributed by atoms with Gasteiger partial charge in [-0.1, -0.05) is 25.1 Å². The van der Waals surface area contributed by atoms with Gasteiger partial charge in [-0.15, -0.1) is 0 Å². The molecule has 1 aliphatic rings. The minimum Gasteiger partial charge on any atom is -0.346 e. The standard InChI is InChI=1S/C23H24N4O2/c1-15-10-18-11-16(13-24-22(18)25-23(15)29)8-9-21(28)26(2)14-19-12-17-6-4-5-7-20(17)27(19)3/h4-9,11-13,15H,10,14H2,1-3H3,(H,24,25,29)/b9-8+. The molecule has 1 unspecified atom stereocenters. The maximum Gasteiger partial charge on any atom is 0.246 e. The number of anilines is 1. The molecule has 1 aromatic carbocycles. The minimum absolute atomic E-state index is 0.00145. The number of likely N-dealkylation sites (N-methyl/N-ethyl adjacent to an activating group) is 1. The molecule has 29 heavy (non-hydrogen) atoms. The van der Waals surface area contributed by atoms with E-state index in [4.69, 9.17) is 0 Å². The quantitative estimate of drug-likeness (QED) is 0.697. The average Bonchev–Trinajstić information content (AvgIpc) is 3.02. The lowest BCUT2D eigenvalue weighted by Crippen LogP contribution is -2.28. The summed E-state index contributed by atoms with van der Waals surface area (Å²) in [7, 11) is 3.82. The maximum atomic E-state index is 12.6. The zero-order chi connectivity index (χ0) is 20.5. The van der Waals surface area contributed by atoms with Crippen molar-refractivity contribution < 1.29 is 9.59 Å². The first-order valence-electron chi connectivity index (χ1n) is 9.68. The first-order chi connectivity index (χ1) is 13.9. The molecule has 0 spiro atoms. The second-order valence-corrected chi connectivity index (χ2v) is 7.65. The van der Waals surface area contributed by atoms with Crippen LogP contribution in [0.15, 0.2) is 48.7 Å². The fourth-order valence-corrected chi connectivity index (χ4v) is 3.66. The second kappa shape index (κ2) is 7.54. The monoisotopic (exact) mass is 388 g/mol. The van der Waals surface area contributed by atoms with Crippen LogP contribution >= 0.6 is 0 Å². The molecule has 2 aromatic heterocycles. The van der Waals surface area contributed by atoms with Gasteiger partial charge in [0, 0.05) is 43.5 Å². The Morgan fingerprint density at radius 1 is 1.34 bits per heavy atom. The molecule has 0 aliphatic carbocycles. The van der Waals surface area contributed by atoms with Gasteiger partial charge < -0.3 is 14.8 Å². The van der Waals surface area contributed by atoms with Gasteiger partial charge in [0.15, 0.2) is 0 Å². The van der Waals surface area contributed by atoms with E-state index in [9.17, 15) is 9.59 Å². The highest BCUT2D eigenvalue weighted by Crippen LogP contribution is 2.24. The third-order valence-corrected chi connectivity index (χ3v) is 5.45. The fraction of sp³-hybridized carbons (Fsp3) is 0.261. The molecule has 1 atom stereocenters. The lowest BCUT2D eigenvalue weighted by atomic mass is 9.96. The van der Waals surface area contributed by atoms with E-state index in [1.54, 1.807) is 30.3 Å². The van der Waals surface area contributed by atoms with Crippen LogP contribution in [0.5, 0.6) is 0 Å².